The van der Waals surface area contributed by atoms with E-state index in [0.29, 0.717) is 18.8 Å². The zero-order valence-electron chi connectivity index (χ0n) is 10.00. The van der Waals surface area contributed by atoms with Gasteiger partial charge in [0.15, 0.2) is 0 Å². The van der Waals surface area contributed by atoms with Crippen LogP contribution in [0.5, 0.6) is 5.75 Å². The number of rotatable bonds is 2. The van der Waals surface area contributed by atoms with Crippen molar-refractivity contribution in [2.75, 3.05) is 6.61 Å². The van der Waals surface area contributed by atoms with Gasteiger partial charge in [0.2, 0.25) is 5.91 Å². The van der Waals surface area contributed by atoms with E-state index in [1.165, 1.54) is 12.1 Å². The molecule has 1 aliphatic heterocycles. The summed E-state index contributed by atoms with van der Waals surface area (Å²) >= 11 is 0. The van der Waals surface area contributed by atoms with Gasteiger partial charge in [-0.05, 0) is 18.2 Å². The van der Waals surface area contributed by atoms with Crippen LogP contribution in [0.25, 0.3) is 0 Å². The number of halogens is 1. The third-order valence-electron chi connectivity index (χ3n) is 2.85. The van der Waals surface area contributed by atoms with E-state index in [0.717, 1.165) is 5.56 Å². The number of hydrogen-bond donors (Lipinski definition) is 1. The molecular formula is C13H16FNO2. The molecule has 0 aliphatic carbocycles. The number of benzene rings is 1. The van der Waals surface area contributed by atoms with E-state index in [2.05, 4.69) is 5.32 Å². The minimum absolute atomic E-state index is 0.0212. The van der Waals surface area contributed by atoms with Crippen molar-refractivity contribution in [1.29, 1.82) is 0 Å². The van der Waals surface area contributed by atoms with Crippen molar-refractivity contribution in [3.63, 3.8) is 0 Å². The van der Waals surface area contributed by atoms with Gasteiger partial charge in [-0.3, -0.25) is 4.79 Å². The summed E-state index contributed by atoms with van der Waals surface area (Å²) in [6.45, 7) is 4.21. The van der Waals surface area contributed by atoms with E-state index in [1.54, 1.807) is 6.07 Å². The van der Waals surface area contributed by atoms with Crippen molar-refractivity contribution in [3.8, 4) is 5.75 Å². The number of hydrogen-bond acceptors (Lipinski definition) is 2. The van der Waals surface area contributed by atoms with Crippen LogP contribution in [0.1, 0.15) is 31.9 Å². The molecule has 0 bridgehead atoms. The number of fused-ring (bicyclic) bond motifs is 1. The SMILES string of the molecule is CC(C)C(=O)NC1CCOc2ccc(F)cc21. The second kappa shape index (κ2) is 4.73. The quantitative estimate of drug-likeness (QED) is 0.857. The first-order valence-corrected chi connectivity index (χ1v) is 5.80. The van der Waals surface area contributed by atoms with Crippen LogP contribution in [0.4, 0.5) is 4.39 Å². The molecule has 1 N–H and O–H groups in total. The Labute approximate surface area is 100.0 Å². The summed E-state index contributed by atoms with van der Waals surface area (Å²) in [7, 11) is 0. The van der Waals surface area contributed by atoms with Crippen molar-refractivity contribution in [2.45, 2.75) is 26.3 Å². The molecule has 0 radical (unpaired) electrons. The number of nitrogens with one attached hydrogen (secondary N) is 1. The van der Waals surface area contributed by atoms with E-state index >= 15 is 0 Å². The van der Waals surface area contributed by atoms with Gasteiger partial charge in [-0.15, -0.1) is 0 Å². The van der Waals surface area contributed by atoms with E-state index in [1.807, 2.05) is 13.8 Å². The summed E-state index contributed by atoms with van der Waals surface area (Å²) in [5, 5.41) is 2.92. The summed E-state index contributed by atoms with van der Waals surface area (Å²) in [5.41, 5.74) is 0.727. The summed E-state index contributed by atoms with van der Waals surface area (Å²) in [6.07, 6.45) is 0.676. The lowest BCUT2D eigenvalue weighted by molar-refractivity contribution is -0.124. The largest absolute Gasteiger partial charge is 0.493 e. The molecule has 1 amide bonds. The van der Waals surface area contributed by atoms with Crippen LogP contribution in [0, 0.1) is 11.7 Å². The highest BCUT2D eigenvalue weighted by Crippen LogP contribution is 2.32. The summed E-state index contributed by atoms with van der Waals surface area (Å²) in [4.78, 5) is 11.7. The Bertz CT molecular complexity index is 431. The number of amides is 1. The zero-order chi connectivity index (χ0) is 12.4. The summed E-state index contributed by atoms with van der Waals surface area (Å²) in [5.74, 6) is 0.256. The van der Waals surface area contributed by atoms with E-state index in [-0.39, 0.29) is 23.7 Å². The standard InChI is InChI=1S/C13H16FNO2/c1-8(2)13(16)15-11-5-6-17-12-4-3-9(14)7-10(11)12/h3-4,7-8,11H,5-6H2,1-2H3,(H,15,16). The number of carbonyl (C=O) groups excluding carboxylic acids is 1. The van der Waals surface area contributed by atoms with Crippen molar-refractivity contribution in [1.82, 2.24) is 5.32 Å². The first kappa shape index (κ1) is 11.9. The van der Waals surface area contributed by atoms with Crippen molar-refractivity contribution >= 4 is 5.91 Å². The molecule has 92 valence electrons. The van der Waals surface area contributed by atoms with Gasteiger partial charge in [-0.2, -0.15) is 0 Å². The van der Waals surface area contributed by atoms with Crippen LogP contribution >= 0.6 is 0 Å². The van der Waals surface area contributed by atoms with Gasteiger partial charge in [0.25, 0.3) is 0 Å². The molecule has 1 aliphatic rings. The van der Waals surface area contributed by atoms with E-state index in [9.17, 15) is 9.18 Å². The molecule has 17 heavy (non-hydrogen) atoms. The molecular weight excluding hydrogens is 221 g/mol. The van der Waals surface area contributed by atoms with Crippen LogP contribution in [-0.4, -0.2) is 12.5 Å². The monoisotopic (exact) mass is 237 g/mol. The van der Waals surface area contributed by atoms with Crippen LogP contribution in [0.2, 0.25) is 0 Å². The van der Waals surface area contributed by atoms with Gasteiger partial charge in [0, 0.05) is 17.9 Å². The third kappa shape index (κ3) is 2.57. The molecule has 4 heteroatoms. The van der Waals surface area contributed by atoms with Crippen LogP contribution in [0.15, 0.2) is 18.2 Å². The Kier molecular flexibility index (Phi) is 3.31. The summed E-state index contributed by atoms with van der Waals surface area (Å²) in [6, 6.07) is 4.26. The molecule has 1 atom stereocenters. The first-order valence-electron chi connectivity index (χ1n) is 5.80. The Morgan fingerprint density at radius 2 is 2.29 bits per heavy atom. The lowest BCUT2D eigenvalue weighted by Crippen LogP contribution is -2.34. The Balaban J connectivity index is 2.22. The minimum atomic E-state index is -0.307. The second-order valence-electron chi connectivity index (χ2n) is 4.54. The molecule has 1 aromatic carbocycles. The molecule has 0 saturated heterocycles. The first-order chi connectivity index (χ1) is 8.08. The van der Waals surface area contributed by atoms with Gasteiger partial charge in [-0.1, -0.05) is 13.8 Å². The summed E-state index contributed by atoms with van der Waals surface area (Å²) < 4.78 is 18.6. The van der Waals surface area contributed by atoms with E-state index in [4.69, 9.17) is 4.74 Å². The third-order valence-corrected chi connectivity index (χ3v) is 2.85. The fourth-order valence-electron chi connectivity index (χ4n) is 1.85. The van der Waals surface area contributed by atoms with Gasteiger partial charge < -0.3 is 10.1 Å². The zero-order valence-corrected chi connectivity index (χ0v) is 10.00. The molecule has 0 spiro atoms. The molecule has 0 fully saturated rings. The fraction of sp³-hybridized carbons (Fsp3) is 0.462. The van der Waals surface area contributed by atoms with Crippen molar-refractivity contribution < 1.29 is 13.9 Å². The predicted octanol–water partition coefficient (Wildman–Crippen LogP) is 2.42. The van der Waals surface area contributed by atoms with Gasteiger partial charge in [0.05, 0.1) is 12.6 Å². The van der Waals surface area contributed by atoms with Gasteiger partial charge in [-0.25, -0.2) is 4.39 Å². The number of ether oxygens (including phenoxy) is 1. The number of carbonyl (C=O) groups is 1. The highest BCUT2D eigenvalue weighted by molar-refractivity contribution is 5.78. The molecule has 3 nitrogen and oxygen atoms in total. The average Bonchev–Trinajstić information content (AvgIpc) is 2.29. The second-order valence-corrected chi connectivity index (χ2v) is 4.54. The van der Waals surface area contributed by atoms with Gasteiger partial charge in [0.1, 0.15) is 11.6 Å². The van der Waals surface area contributed by atoms with Crippen LogP contribution < -0.4 is 10.1 Å². The molecule has 1 unspecified atom stereocenters. The maximum absolute atomic E-state index is 13.2. The minimum Gasteiger partial charge on any atom is -0.493 e. The van der Waals surface area contributed by atoms with Crippen LogP contribution in [0.3, 0.4) is 0 Å². The molecule has 1 aromatic rings. The molecule has 2 rings (SSSR count). The molecule has 0 aromatic heterocycles. The lowest BCUT2D eigenvalue weighted by atomic mass is 9.99. The highest BCUT2D eigenvalue weighted by atomic mass is 19.1. The highest BCUT2D eigenvalue weighted by Gasteiger charge is 2.24. The topological polar surface area (TPSA) is 38.3 Å². The van der Waals surface area contributed by atoms with Gasteiger partial charge >= 0.3 is 0 Å². The Hall–Kier alpha value is -1.58. The van der Waals surface area contributed by atoms with Crippen molar-refractivity contribution in [2.24, 2.45) is 5.92 Å². The molecule has 0 saturated carbocycles. The Morgan fingerprint density at radius 1 is 1.53 bits per heavy atom. The van der Waals surface area contributed by atoms with Crippen molar-refractivity contribution in [3.05, 3.63) is 29.6 Å². The Morgan fingerprint density at radius 3 is 3.00 bits per heavy atom. The normalized spacial score (nSPS) is 18.5. The van der Waals surface area contributed by atoms with E-state index < -0.39 is 0 Å². The fourth-order valence-corrected chi connectivity index (χ4v) is 1.85. The molecule has 1 heterocycles. The smallest absolute Gasteiger partial charge is 0.223 e. The lowest BCUT2D eigenvalue weighted by Gasteiger charge is -2.27. The van der Waals surface area contributed by atoms with Crippen LogP contribution in [-0.2, 0) is 4.79 Å². The predicted molar refractivity (Wildman–Crippen MR) is 62.2 cm³/mol. The maximum Gasteiger partial charge on any atom is 0.223 e. The maximum atomic E-state index is 13.2. The average molecular weight is 237 g/mol.